The maximum Gasteiger partial charge on any atom is 0.113 e. The summed E-state index contributed by atoms with van der Waals surface area (Å²) in [5.74, 6) is 1.49. The van der Waals surface area contributed by atoms with E-state index in [0.717, 1.165) is 64.0 Å². The fourth-order valence-corrected chi connectivity index (χ4v) is 3.42. The molecular formula is C16H26N4O2. The van der Waals surface area contributed by atoms with Crippen LogP contribution in [0.15, 0.2) is 0 Å². The zero-order valence-electron chi connectivity index (χ0n) is 13.2. The SMILES string of the molecule is C1CN(CC2CCOC2)Cc2c(COCC3CC3)nnn2C1. The Bertz CT molecular complexity index is 494. The molecule has 0 spiro atoms. The molecule has 6 nitrogen and oxygen atoms in total. The van der Waals surface area contributed by atoms with Gasteiger partial charge in [0.05, 0.1) is 18.9 Å². The minimum absolute atomic E-state index is 0.617. The Morgan fingerprint density at radius 1 is 1.18 bits per heavy atom. The van der Waals surface area contributed by atoms with Crippen LogP contribution >= 0.6 is 0 Å². The summed E-state index contributed by atoms with van der Waals surface area (Å²) in [5.41, 5.74) is 2.29. The lowest BCUT2D eigenvalue weighted by atomic mass is 10.1. The minimum Gasteiger partial charge on any atom is -0.381 e. The van der Waals surface area contributed by atoms with Crippen LogP contribution in [-0.4, -0.2) is 52.8 Å². The first kappa shape index (κ1) is 14.6. The molecule has 1 aromatic rings. The standard InChI is InChI=1S/C16H26N4O2/c1-5-19(8-14-4-7-21-11-14)9-16-15(17-18-20(16)6-1)12-22-10-13-2-3-13/h13-14H,1-12H2. The van der Waals surface area contributed by atoms with E-state index in [-0.39, 0.29) is 0 Å². The number of ether oxygens (including phenoxy) is 2. The molecule has 0 aromatic carbocycles. The van der Waals surface area contributed by atoms with E-state index in [1.165, 1.54) is 25.0 Å². The van der Waals surface area contributed by atoms with E-state index in [9.17, 15) is 0 Å². The van der Waals surface area contributed by atoms with Crippen molar-refractivity contribution in [1.82, 2.24) is 19.9 Å². The Kier molecular flexibility index (Phi) is 4.41. The van der Waals surface area contributed by atoms with E-state index in [2.05, 4.69) is 19.9 Å². The van der Waals surface area contributed by atoms with Crippen LogP contribution in [0.25, 0.3) is 0 Å². The molecule has 4 rings (SSSR count). The second-order valence-corrected chi connectivity index (χ2v) is 6.98. The second kappa shape index (κ2) is 6.64. The van der Waals surface area contributed by atoms with Crippen molar-refractivity contribution in [3.8, 4) is 0 Å². The van der Waals surface area contributed by atoms with E-state index in [1.807, 2.05) is 0 Å². The first-order valence-corrected chi connectivity index (χ1v) is 8.67. The molecule has 0 N–H and O–H groups in total. The van der Waals surface area contributed by atoms with Gasteiger partial charge in [-0.2, -0.15) is 0 Å². The summed E-state index contributed by atoms with van der Waals surface area (Å²) in [4.78, 5) is 2.55. The molecule has 1 aliphatic carbocycles. The number of fused-ring (bicyclic) bond motifs is 1. The zero-order valence-corrected chi connectivity index (χ0v) is 13.2. The van der Waals surface area contributed by atoms with Crippen molar-refractivity contribution in [3.05, 3.63) is 11.4 Å². The highest BCUT2D eigenvalue weighted by atomic mass is 16.5. The monoisotopic (exact) mass is 306 g/mol. The van der Waals surface area contributed by atoms with Gasteiger partial charge in [0.25, 0.3) is 0 Å². The van der Waals surface area contributed by atoms with Gasteiger partial charge in [0.15, 0.2) is 0 Å². The van der Waals surface area contributed by atoms with E-state index < -0.39 is 0 Å². The number of rotatable bonds is 6. The molecule has 122 valence electrons. The summed E-state index contributed by atoms with van der Waals surface area (Å²) in [5, 5.41) is 8.69. The van der Waals surface area contributed by atoms with Crippen LogP contribution in [0.1, 0.15) is 37.1 Å². The molecule has 22 heavy (non-hydrogen) atoms. The lowest BCUT2D eigenvalue weighted by molar-refractivity contribution is 0.107. The number of aryl methyl sites for hydroxylation is 1. The number of hydrogen-bond donors (Lipinski definition) is 0. The van der Waals surface area contributed by atoms with Crippen LogP contribution in [0, 0.1) is 11.8 Å². The van der Waals surface area contributed by atoms with Crippen LogP contribution in [0.3, 0.4) is 0 Å². The van der Waals surface area contributed by atoms with Gasteiger partial charge in [-0.25, -0.2) is 4.68 Å². The van der Waals surface area contributed by atoms with Gasteiger partial charge in [0.2, 0.25) is 0 Å². The van der Waals surface area contributed by atoms with E-state index >= 15 is 0 Å². The van der Waals surface area contributed by atoms with Crippen LogP contribution < -0.4 is 0 Å². The zero-order chi connectivity index (χ0) is 14.8. The van der Waals surface area contributed by atoms with Gasteiger partial charge < -0.3 is 9.47 Å². The molecule has 3 heterocycles. The average Bonchev–Trinajstić information content (AvgIpc) is 3.13. The Hall–Kier alpha value is -0.980. The predicted molar refractivity (Wildman–Crippen MR) is 81.2 cm³/mol. The van der Waals surface area contributed by atoms with Crippen molar-refractivity contribution in [2.45, 2.75) is 45.4 Å². The molecule has 6 heteroatoms. The van der Waals surface area contributed by atoms with E-state index in [1.54, 1.807) is 0 Å². The molecule has 0 bridgehead atoms. The summed E-state index contributed by atoms with van der Waals surface area (Å²) in [6.07, 6.45) is 5.01. The highest BCUT2D eigenvalue weighted by Crippen LogP contribution is 2.29. The topological polar surface area (TPSA) is 52.4 Å². The molecule has 3 aliphatic rings. The molecule has 1 aromatic heterocycles. The lowest BCUT2D eigenvalue weighted by Crippen LogP contribution is -2.30. The quantitative estimate of drug-likeness (QED) is 0.796. The molecule has 1 unspecified atom stereocenters. The first-order chi connectivity index (χ1) is 10.9. The van der Waals surface area contributed by atoms with Gasteiger partial charge in [-0.1, -0.05) is 5.21 Å². The average molecular weight is 306 g/mol. The fraction of sp³-hybridized carbons (Fsp3) is 0.875. The van der Waals surface area contributed by atoms with Crippen molar-refractivity contribution in [3.63, 3.8) is 0 Å². The van der Waals surface area contributed by atoms with Crippen molar-refractivity contribution in [1.29, 1.82) is 0 Å². The summed E-state index contributed by atoms with van der Waals surface area (Å²) in [6, 6.07) is 0. The lowest BCUT2D eigenvalue weighted by Gasteiger charge is -2.22. The molecule has 2 aliphatic heterocycles. The third-order valence-corrected chi connectivity index (χ3v) is 4.97. The summed E-state index contributed by atoms with van der Waals surface area (Å²) in [6.45, 7) is 7.55. The third kappa shape index (κ3) is 3.50. The van der Waals surface area contributed by atoms with Crippen molar-refractivity contribution in [2.75, 3.05) is 32.9 Å². The molecule has 1 saturated heterocycles. The predicted octanol–water partition coefficient (Wildman–Crippen LogP) is 1.45. The Morgan fingerprint density at radius 3 is 2.95 bits per heavy atom. The molecule has 0 amide bonds. The van der Waals surface area contributed by atoms with Crippen molar-refractivity contribution >= 4 is 0 Å². The van der Waals surface area contributed by atoms with E-state index in [4.69, 9.17) is 9.47 Å². The number of nitrogens with zero attached hydrogens (tertiary/aromatic N) is 4. The Morgan fingerprint density at radius 2 is 2.14 bits per heavy atom. The number of hydrogen-bond acceptors (Lipinski definition) is 5. The summed E-state index contributed by atoms with van der Waals surface area (Å²) in [7, 11) is 0. The van der Waals surface area contributed by atoms with Gasteiger partial charge in [-0.05, 0) is 37.5 Å². The normalized spacial score (nSPS) is 26.1. The fourth-order valence-electron chi connectivity index (χ4n) is 3.42. The molecule has 0 radical (unpaired) electrons. The molecule has 1 saturated carbocycles. The van der Waals surface area contributed by atoms with Crippen LogP contribution in [0.4, 0.5) is 0 Å². The van der Waals surface area contributed by atoms with Crippen molar-refractivity contribution < 1.29 is 9.47 Å². The third-order valence-electron chi connectivity index (χ3n) is 4.97. The van der Waals surface area contributed by atoms with Gasteiger partial charge in [-0.15, -0.1) is 5.10 Å². The summed E-state index contributed by atoms with van der Waals surface area (Å²) < 4.78 is 13.4. The largest absolute Gasteiger partial charge is 0.381 e. The minimum atomic E-state index is 0.617. The highest BCUT2D eigenvalue weighted by molar-refractivity contribution is 5.10. The number of aromatic nitrogens is 3. The maximum absolute atomic E-state index is 5.82. The highest BCUT2D eigenvalue weighted by Gasteiger charge is 2.25. The smallest absolute Gasteiger partial charge is 0.113 e. The Labute approximate surface area is 131 Å². The van der Waals surface area contributed by atoms with Gasteiger partial charge >= 0.3 is 0 Å². The summed E-state index contributed by atoms with van der Waals surface area (Å²) >= 11 is 0. The molecular weight excluding hydrogens is 280 g/mol. The van der Waals surface area contributed by atoms with Crippen LogP contribution in [-0.2, 0) is 29.2 Å². The molecule has 1 atom stereocenters. The van der Waals surface area contributed by atoms with Gasteiger partial charge in [0.1, 0.15) is 5.69 Å². The van der Waals surface area contributed by atoms with Crippen molar-refractivity contribution in [2.24, 2.45) is 11.8 Å². The van der Waals surface area contributed by atoms with E-state index in [0.29, 0.717) is 12.5 Å². The Balaban J connectivity index is 1.38. The van der Waals surface area contributed by atoms with Gasteiger partial charge in [0, 0.05) is 39.4 Å². The maximum atomic E-state index is 5.82. The first-order valence-electron chi connectivity index (χ1n) is 8.67. The van der Waals surface area contributed by atoms with Crippen LogP contribution in [0.5, 0.6) is 0 Å². The molecule has 2 fully saturated rings. The second-order valence-electron chi connectivity index (χ2n) is 6.98. The van der Waals surface area contributed by atoms with Crippen LogP contribution in [0.2, 0.25) is 0 Å². The van der Waals surface area contributed by atoms with Gasteiger partial charge in [-0.3, -0.25) is 4.90 Å².